The number of hydrogen-bond donors (Lipinski definition) is 1. The number of hydrogen-bond acceptors (Lipinski definition) is 2. The molecule has 0 spiro atoms. The van der Waals surface area contributed by atoms with Crippen LogP contribution in [0.1, 0.15) is 22.6 Å². The third-order valence-electron chi connectivity index (χ3n) is 1.43. The van der Waals surface area contributed by atoms with Crippen molar-refractivity contribution in [3.8, 4) is 0 Å². The number of aromatic amines is 1. The molecule has 0 bridgehead atoms. The zero-order chi connectivity index (χ0) is 10.9. The number of aromatic nitrogens is 1. The van der Waals surface area contributed by atoms with Gasteiger partial charge < -0.3 is 4.98 Å². The molecule has 14 heavy (non-hydrogen) atoms. The Balaban J connectivity index is 3.43. The second-order valence-electron chi connectivity index (χ2n) is 2.35. The molecule has 1 N–H and O–H groups in total. The van der Waals surface area contributed by atoms with Crippen molar-refractivity contribution >= 4 is 39.4 Å². The fourth-order valence-corrected chi connectivity index (χ4v) is 1.45. The first kappa shape index (κ1) is 11.6. The highest BCUT2D eigenvalue weighted by Crippen LogP contribution is 2.20. The van der Waals surface area contributed by atoms with Crippen LogP contribution in [0, 0.1) is 3.57 Å². The minimum atomic E-state index is -2.84. The smallest absolute Gasteiger partial charge is 0.279 e. The van der Waals surface area contributed by atoms with Gasteiger partial charge in [-0.25, -0.2) is 8.78 Å². The molecule has 0 aliphatic heterocycles. The second kappa shape index (κ2) is 4.35. The van der Waals surface area contributed by atoms with Crippen molar-refractivity contribution in [3.05, 3.63) is 31.2 Å². The number of carbonyl (C=O) groups excluding carboxylic acids is 1. The molecule has 0 saturated carbocycles. The van der Waals surface area contributed by atoms with E-state index in [0.717, 1.165) is 6.07 Å². The van der Waals surface area contributed by atoms with Gasteiger partial charge in [-0.05, 0) is 34.2 Å². The predicted octanol–water partition coefficient (Wildman–Crippen LogP) is 2.30. The van der Waals surface area contributed by atoms with Crippen LogP contribution in [-0.4, -0.2) is 10.2 Å². The topological polar surface area (TPSA) is 49.9 Å². The normalized spacial score (nSPS) is 10.6. The number of rotatable bonds is 2. The van der Waals surface area contributed by atoms with Gasteiger partial charge in [0.2, 0.25) is 0 Å². The van der Waals surface area contributed by atoms with Crippen LogP contribution in [-0.2, 0) is 0 Å². The van der Waals surface area contributed by atoms with Crippen molar-refractivity contribution in [1.82, 2.24) is 4.98 Å². The van der Waals surface area contributed by atoms with E-state index in [1.54, 1.807) is 0 Å². The molecule has 7 heteroatoms. The summed E-state index contributed by atoms with van der Waals surface area (Å²) in [6.07, 6.45) is -2.84. The third-order valence-corrected chi connectivity index (χ3v) is 2.74. The van der Waals surface area contributed by atoms with E-state index in [1.807, 2.05) is 0 Å². The Bertz CT molecular complexity index is 432. The molecular weight excluding hydrogens is 330 g/mol. The van der Waals surface area contributed by atoms with Crippen LogP contribution in [0.15, 0.2) is 10.9 Å². The zero-order valence-corrected chi connectivity index (χ0v) is 9.40. The molecule has 0 unspecified atom stereocenters. The number of pyridine rings is 1. The largest absolute Gasteiger partial charge is 0.349 e. The molecule has 0 aliphatic rings. The minimum absolute atomic E-state index is 0.140. The fraction of sp³-hybridized carbons (Fsp3) is 0.143. The molecule has 1 aromatic rings. The molecule has 3 nitrogen and oxygen atoms in total. The number of halogens is 4. The Morgan fingerprint density at radius 2 is 2.14 bits per heavy atom. The van der Waals surface area contributed by atoms with Gasteiger partial charge in [-0.1, -0.05) is 0 Å². The van der Waals surface area contributed by atoms with Crippen LogP contribution in [0.25, 0.3) is 0 Å². The van der Waals surface area contributed by atoms with Gasteiger partial charge in [0.15, 0.2) is 5.43 Å². The van der Waals surface area contributed by atoms with Gasteiger partial charge in [-0.2, -0.15) is 0 Å². The summed E-state index contributed by atoms with van der Waals surface area (Å²) in [6.45, 7) is 0. The van der Waals surface area contributed by atoms with Crippen LogP contribution < -0.4 is 5.43 Å². The summed E-state index contributed by atoms with van der Waals surface area (Å²) in [7, 11) is 0. The summed E-state index contributed by atoms with van der Waals surface area (Å²) in [4.78, 5) is 23.8. The molecule has 0 saturated heterocycles. The summed E-state index contributed by atoms with van der Waals surface area (Å²) in [5.74, 6) is 0. The van der Waals surface area contributed by atoms with E-state index in [0.29, 0.717) is 0 Å². The Morgan fingerprint density at radius 1 is 1.57 bits per heavy atom. The second-order valence-corrected chi connectivity index (χ2v) is 3.77. The lowest BCUT2D eigenvalue weighted by atomic mass is 10.3. The summed E-state index contributed by atoms with van der Waals surface area (Å²) in [5.41, 5.74) is -1.56. The summed E-state index contributed by atoms with van der Waals surface area (Å²) in [6, 6.07) is 0.892. The molecule has 0 amide bonds. The maximum absolute atomic E-state index is 12.3. The van der Waals surface area contributed by atoms with Crippen LogP contribution in [0.3, 0.4) is 0 Å². The van der Waals surface area contributed by atoms with Crippen molar-refractivity contribution in [2.45, 2.75) is 6.43 Å². The summed E-state index contributed by atoms with van der Waals surface area (Å²) >= 11 is 6.53. The number of H-pyrrole nitrogens is 1. The van der Waals surface area contributed by atoms with Crippen molar-refractivity contribution in [1.29, 1.82) is 0 Å². The Morgan fingerprint density at radius 3 is 2.57 bits per heavy atom. The van der Waals surface area contributed by atoms with E-state index in [9.17, 15) is 18.4 Å². The van der Waals surface area contributed by atoms with Crippen molar-refractivity contribution in [2.75, 3.05) is 0 Å². The average Bonchev–Trinajstić information content (AvgIpc) is 2.08. The monoisotopic (exact) mass is 333 g/mol. The van der Waals surface area contributed by atoms with Gasteiger partial charge in [-0.3, -0.25) is 9.59 Å². The van der Waals surface area contributed by atoms with Crippen molar-refractivity contribution < 1.29 is 13.6 Å². The lowest BCUT2D eigenvalue weighted by molar-refractivity contribution is 0.107. The molecule has 1 heterocycles. The van der Waals surface area contributed by atoms with E-state index < -0.39 is 22.8 Å². The van der Waals surface area contributed by atoms with E-state index in [4.69, 9.17) is 11.6 Å². The minimum Gasteiger partial charge on any atom is -0.349 e. The standard InChI is InChI=1S/C7H3ClF2INO2/c8-6(14)2-1-3(13)4(11)5(12-2)7(9)10/h1,7H,(H,12,13). The lowest BCUT2D eigenvalue weighted by Crippen LogP contribution is -2.14. The van der Waals surface area contributed by atoms with Crippen molar-refractivity contribution in [2.24, 2.45) is 0 Å². The molecule has 1 aromatic heterocycles. The van der Waals surface area contributed by atoms with Gasteiger partial charge >= 0.3 is 0 Å². The lowest BCUT2D eigenvalue weighted by Gasteiger charge is -2.04. The first-order chi connectivity index (χ1) is 6.43. The van der Waals surface area contributed by atoms with Crippen LogP contribution >= 0.6 is 34.2 Å². The molecule has 1 rings (SSSR count). The van der Waals surface area contributed by atoms with E-state index in [-0.39, 0.29) is 9.26 Å². The average molecular weight is 333 g/mol. The SMILES string of the molecule is O=C(Cl)c1cc(=O)c(I)c(C(F)F)[nH]1. The van der Waals surface area contributed by atoms with E-state index >= 15 is 0 Å². The molecule has 0 aliphatic carbocycles. The van der Waals surface area contributed by atoms with E-state index in [1.165, 1.54) is 22.6 Å². The fourth-order valence-electron chi connectivity index (χ4n) is 0.819. The molecule has 0 fully saturated rings. The quantitative estimate of drug-likeness (QED) is 0.667. The molecular formula is C7H3ClF2INO2. The number of alkyl halides is 2. The highest BCUT2D eigenvalue weighted by Gasteiger charge is 2.17. The predicted molar refractivity (Wildman–Crippen MR) is 54.9 cm³/mol. The van der Waals surface area contributed by atoms with Gasteiger partial charge in [0.05, 0.1) is 9.26 Å². The number of carbonyl (C=O) groups is 1. The van der Waals surface area contributed by atoms with Crippen LogP contribution in [0.4, 0.5) is 8.78 Å². The molecule has 0 atom stereocenters. The van der Waals surface area contributed by atoms with Gasteiger partial charge in [0.1, 0.15) is 5.69 Å². The van der Waals surface area contributed by atoms with Gasteiger partial charge in [0.25, 0.3) is 11.7 Å². The summed E-state index contributed by atoms with van der Waals surface area (Å²) in [5, 5.41) is -0.972. The van der Waals surface area contributed by atoms with Crippen molar-refractivity contribution in [3.63, 3.8) is 0 Å². The van der Waals surface area contributed by atoms with Gasteiger partial charge in [0, 0.05) is 6.07 Å². The molecule has 0 aromatic carbocycles. The van der Waals surface area contributed by atoms with E-state index in [2.05, 4.69) is 4.98 Å². The highest BCUT2D eigenvalue weighted by atomic mass is 127. The number of nitrogens with one attached hydrogen (secondary N) is 1. The van der Waals surface area contributed by atoms with Gasteiger partial charge in [-0.15, -0.1) is 0 Å². The Labute approximate surface area is 95.6 Å². The maximum atomic E-state index is 12.3. The van der Waals surface area contributed by atoms with Crippen LogP contribution in [0.2, 0.25) is 0 Å². The Hall–Kier alpha value is -0.500. The Kier molecular flexibility index (Phi) is 3.59. The summed E-state index contributed by atoms with van der Waals surface area (Å²) < 4.78 is 24.5. The first-order valence-electron chi connectivity index (χ1n) is 3.34. The van der Waals surface area contributed by atoms with Crippen LogP contribution in [0.5, 0.6) is 0 Å². The highest BCUT2D eigenvalue weighted by molar-refractivity contribution is 14.1. The maximum Gasteiger partial charge on any atom is 0.279 e. The third kappa shape index (κ3) is 2.30. The zero-order valence-electron chi connectivity index (χ0n) is 6.48. The molecule has 0 radical (unpaired) electrons. The molecule has 76 valence electrons. The first-order valence-corrected chi connectivity index (χ1v) is 4.80.